The lowest BCUT2D eigenvalue weighted by Crippen LogP contribution is -2.12. The fraction of sp³-hybridized carbons (Fsp3) is 0.200. The quantitative estimate of drug-likeness (QED) is 0.872. The van der Waals surface area contributed by atoms with Crippen LogP contribution in [0.25, 0.3) is 0 Å². The first-order chi connectivity index (χ1) is 9.81. The maximum absolute atomic E-state index is 12.9. The molecule has 0 saturated heterocycles. The Balaban J connectivity index is 2.34. The van der Waals surface area contributed by atoms with Gasteiger partial charge in [0.1, 0.15) is 11.5 Å². The third-order valence-corrected chi connectivity index (χ3v) is 3.40. The second-order valence-corrected chi connectivity index (χ2v) is 4.94. The minimum absolute atomic E-state index is 0.0298. The van der Waals surface area contributed by atoms with Crippen LogP contribution in [0.2, 0.25) is 5.02 Å². The summed E-state index contributed by atoms with van der Waals surface area (Å²) < 4.78 is 44.3. The van der Waals surface area contributed by atoms with Crippen molar-refractivity contribution < 1.29 is 17.9 Å². The van der Waals surface area contributed by atoms with Crippen molar-refractivity contribution in [2.75, 3.05) is 0 Å². The van der Waals surface area contributed by atoms with Gasteiger partial charge in [-0.1, -0.05) is 17.7 Å². The normalized spacial score (nSPS) is 11.5. The van der Waals surface area contributed by atoms with Gasteiger partial charge in [-0.2, -0.15) is 13.2 Å². The molecule has 0 aliphatic carbocycles. The van der Waals surface area contributed by atoms with Crippen LogP contribution in [-0.2, 0) is 12.7 Å². The van der Waals surface area contributed by atoms with Gasteiger partial charge >= 0.3 is 6.18 Å². The lowest BCUT2D eigenvalue weighted by atomic mass is 10.1. The lowest BCUT2D eigenvalue weighted by molar-refractivity contribution is -0.138. The van der Waals surface area contributed by atoms with E-state index in [2.05, 4.69) is 0 Å². The highest BCUT2D eigenvalue weighted by Crippen LogP contribution is 2.35. The summed E-state index contributed by atoms with van der Waals surface area (Å²) in [7, 11) is 0. The van der Waals surface area contributed by atoms with Crippen LogP contribution in [0.3, 0.4) is 0 Å². The SMILES string of the molecule is Cc1cc(Oc2ccc(CN)c(C(F)(F)F)c2)ccc1Cl. The number of alkyl halides is 3. The molecular formula is C15H13ClF3NO. The molecule has 0 radical (unpaired) electrons. The van der Waals surface area contributed by atoms with E-state index in [0.717, 1.165) is 11.6 Å². The van der Waals surface area contributed by atoms with E-state index in [9.17, 15) is 13.2 Å². The average Bonchev–Trinajstić information content (AvgIpc) is 2.42. The Morgan fingerprint density at radius 2 is 1.71 bits per heavy atom. The van der Waals surface area contributed by atoms with Gasteiger partial charge in [0.05, 0.1) is 5.56 Å². The zero-order valence-electron chi connectivity index (χ0n) is 11.2. The molecule has 0 aromatic heterocycles. The van der Waals surface area contributed by atoms with Gasteiger partial charge in [0.2, 0.25) is 0 Å². The molecule has 0 aliphatic rings. The molecule has 2 aromatic carbocycles. The van der Waals surface area contributed by atoms with Gasteiger partial charge in [-0.25, -0.2) is 0 Å². The Morgan fingerprint density at radius 1 is 1.10 bits per heavy atom. The summed E-state index contributed by atoms with van der Waals surface area (Å²) >= 11 is 5.89. The fourth-order valence-electron chi connectivity index (χ4n) is 1.88. The van der Waals surface area contributed by atoms with Crippen molar-refractivity contribution in [3.05, 3.63) is 58.1 Å². The highest BCUT2D eigenvalue weighted by atomic mass is 35.5. The molecule has 112 valence electrons. The molecule has 0 heterocycles. The van der Waals surface area contributed by atoms with Crippen LogP contribution in [0.1, 0.15) is 16.7 Å². The van der Waals surface area contributed by atoms with Gasteiger partial charge in [0, 0.05) is 11.6 Å². The van der Waals surface area contributed by atoms with Gasteiger partial charge in [0.15, 0.2) is 0 Å². The van der Waals surface area contributed by atoms with E-state index in [1.807, 2.05) is 0 Å². The minimum atomic E-state index is -4.47. The van der Waals surface area contributed by atoms with Crippen molar-refractivity contribution in [2.45, 2.75) is 19.6 Å². The molecule has 0 aliphatic heterocycles. The van der Waals surface area contributed by atoms with Gasteiger partial charge in [0.25, 0.3) is 0 Å². The second kappa shape index (κ2) is 5.95. The van der Waals surface area contributed by atoms with E-state index in [-0.39, 0.29) is 17.9 Å². The molecule has 0 fully saturated rings. The van der Waals surface area contributed by atoms with E-state index in [1.54, 1.807) is 25.1 Å². The maximum Gasteiger partial charge on any atom is 0.416 e. The summed E-state index contributed by atoms with van der Waals surface area (Å²) in [6, 6.07) is 8.62. The van der Waals surface area contributed by atoms with E-state index in [0.29, 0.717) is 10.8 Å². The van der Waals surface area contributed by atoms with Crippen LogP contribution in [-0.4, -0.2) is 0 Å². The van der Waals surface area contributed by atoms with Crippen molar-refractivity contribution in [3.8, 4) is 11.5 Å². The van der Waals surface area contributed by atoms with Crippen LogP contribution < -0.4 is 10.5 Å². The third-order valence-electron chi connectivity index (χ3n) is 2.97. The zero-order chi connectivity index (χ0) is 15.6. The second-order valence-electron chi connectivity index (χ2n) is 4.53. The Kier molecular flexibility index (Phi) is 4.44. The number of hydrogen-bond acceptors (Lipinski definition) is 2. The largest absolute Gasteiger partial charge is 0.457 e. The van der Waals surface area contributed by atoms with Crippen LogP contribution >= 0.6 is 11.6 Å². The average molecular weight is 316 g/mol. The van der Waals surface area contributed by atoms with Crippen LogP contribution in [0.15, 0.2) is 36.4 Å². The molecule has 0 spiro atoms. The number of halogens is 4. The predicted molar refractivity (Wildman–Crippen MR) is 75.6 cm³/mol. The van der Waals surface area contributed by atoms with Gasteiger partial charge < -0.3 is 10.5 Å². The summed E-state index contributed by atoms with van der Waals surface area (Å²) in [6.45, 7) is 1.60. The summed E-state index contributed by atoms with van der Waals surface area (Å²) in [4.78, 5) is 0. The van der Waals surface area contributed by atoms with E-state index < -0.39 is 11.7 Å². The highest BCUT2D eigenvalue weighted by Gasteiger charge is 2.33. The van der Waals surface area contributed by atoms with Gasteiger partial charge in [-0.15, -0.1) is 0 Å². The smallest absolute Gasteiger partial charge is 0.416 e. The zero-order valence-corrected chi connectivity index (χ0v) is 11.9. The molecule has 2 rings (SSSR count). The summed E-state index contributed by atoms with van der Waals surface area (Å²) in [5.41, 5.74) is 5.36. The Hall–Kier alpha value is -1.72. The molecule has 2 aromatic rings. The lowest BCUT2D eigenvalue weighted by Gasteiger charge is -2.14. The molecule has 2 N–H and O–H groups in total. The number of nitrogens with two attached hydrogens (primary N) is 1. The molecule has 0 atom stereocenters. The van der Waals surface area contributed by atoms with Crippen LogP contribution in [0, 0.1) is 6.92 Å². The monoisotopic (exact) mass is 315 g/mol. The minimum Gasteiger partial charge on any atom is -0.457 e. The molecule has 0 unspecified atom stereocenters. The van der Waals surface area contributed by atoms with Crippen LogP contribution in [0.5, 0.6) is 11.5 Å². The van der Waals surface area contributed by atoms with Gasteiger partial charge in [-0.05, 0) is 48.4 Å². The highest BCUT2D eigenvalue weighted by molar-refractivity contribution is 6.31. The predicted octanol–water partition coefficient (Wildman–Crippen LogP) is 4.92. The molecule has 6 heteroatoms. The molecule has 2 nitrogen and oxygen atoms in total. The first-order valence-corrected chi connectivity index (χ1v) is 6.53. The number of aryl methyl sites for hydroxylation is 1. The summed E-state index contributed by atoms with van der Waals surface area (Å²) in [6.07, 6.45) is -4.47. The number of hydrogen-bond donors (Lipinski definition) is 1. The molecule has 0 bridgehead atoms. The van der Waals surface area contributed by atoms with Crippen molar-refractivity contribution in [2.24, 2.45) is 5.73 Å². The van der Waals surface area contributed by atoms with Crippen LogP contribution in [0.4, 0.5) is 13.2 Å². The van der Waals surface area contributed by atoms with E-state index in [1.165, 1.54) is 12.1 Å². The van der Waals surface area contributed by atoms with E-state index >= 15 is 0 Å². The van der Waals surface area contributed by atoms with E-state index in [4.69, 9.17) is 22.1 Å². The maximum atomic E-state index is 12.9. The number of ether oxygens (including phenoxy) is 1. The Morgan fingerprint density at radius 3 is 2.29 bits per heavy atom. The Bertz CT molecular complexity index is 656. The number of rotatable bonds is 3. The molecular weight excluding hydrogens is 303 g/mol. The molecule has 0 amide bonds. The summed E-state index contributed by atoms with van der Waals surface area (Å²) in [5.74, 6) is 0.520. The van der Waals surface area contributed by atoms with Crippen molar-refractivity contribution in [1.29, 1.82) is 0 Å². The van der Waals surface area contributed by atoms with Gasteiger partial charge in [-0.3, -0.25) is 0 Å². The fourth-order valence-corrected chi connectivity index (χ4v) is 2.00. The third kappa shape index (κ3) is 3.68. The first-order valence-electron chi connectivity index (χ1n) is 6.15. The van der Waals surface area contributed by atoms with Crippen molar-refractivity contribution in [3.63, 3.8) is 0 Å². The first kappa shape index (κ1) is 15.7. The number of benzene rings is 2. The summed E-state index contributed by atoms with van der Waals surface area (Å²) in [5, 5.41) is 0.566. The molecule has 0 saturated carbocycles. The Labute approximate surface area is 125 Å². The van der Waals surface area contributed by atoms with Crippen molar-refractivity contribution >= 4 is 11.6 Å². The molecule has 21 heavy (non-hydrogen) atoms. The standard InChI is InChI=1S/C15H13ClF3NO/c1-9-6-11(4-5-14(9)16)21-12-3-2-10(8-20)13(7-12)15(17,18)19/h2-7H,8,20H2,1H3. The van der Waals surface area contributed by atoms with Crippen molar-refractivity contribution in [1.82, 2.24) is 0 Å². The topological polar surface area (TPSA) is 35.2 Å².